The highest BCUT2D eigenvalue weighted by Gasteiger charge is 2.18. The van der Waals surface area contributed by atoms with Gasteiger partial charge in [0, 0.05) is 47.4 Å². The van der Waals surface area contributed by atoms with Crippen molar-refractivity contribution >= 4 is 57.5 Å². The molecule has 8 heteroatoms. The molecular weight excluding hydrogens is 410 g/mol. The number of rotatable bonds is 5. The van der Waals surface area contributed by atoms with Crippen molar-refractivity contribution in [2.45, 2.75) is 32.4 Å². The van der Waals surface area contributed by atoms with Crippen LogP contribution in [0.3, 0.4) is 0 Å². The Morgan fingerprint density at radius 1 is 1.33 bits per heavy atom. The number of nitrogens with zero attached hydrogens (tertiary/aromatic N) is 3. The van der Waals surface area contributed by atoms with Gasteiger partial charge in [-0.3, -0.25) is 4.57 Å². The zero-order valence-electron chi connectivity index (χ0n) is 13.8. The van der Waals surface area contributed by atoms with E-state index in [4.69, 9.17) is 16.3 Å². The maximum atomic E-state index is 12.0. The van der Waals surface area contributed by atoms with Crippen molar-refractivity contribution in [2.24, 2.45) is 0 Å². The molecule has 3 aromatic heterocycles. The first-order chi connectivity index (χ1) is 11.3. The number of fused-ring (bicyclic) bond motifs is 3. The SMILES string of the molecule is C[Si](C)(C)CCOCn1c2c[n+]([O-])c(Br)cc2c2ccc(Cl)nc21. The molecule has 0 radical (unpaired) electrons. The van der Waals surface area contributed by atoms with E-state index in [1.165, 1.54) is 6.20 Å². The first-order valence-corrected chi connectivity index (χ1v) is 12.6. The lowest BCUT2D eigenvalue weighted by molar-refractivity contribution is -0.615. The topological polar surface area (TPSA) is 54.0 Å². The Balaban J connectivity index is 2.03. The molecule has 5 nitrogen and oxygen atoms in total. The van der Waals surface area contributed by atoms with Crippen molar-refractivity contribution in [3.63, 3.8) is 0 Å². The summed E-state index contributed by atoms with van der Waals surface area (Å²) in [7, 11) is -1.14. The Labute approximate surface area is 154 Å². The molecule has 0 fully saturated rings. The van der Waals surface area contributed by atoms with E-state index < -0.39 is 8.07 Å². The van der Waals surface area contributed by atoms with Crippen molar-refractivity contribution in [3.05, 3.63) is 39.4 Å². The number of hydrogen-bond donors (Lipinski definition) is 0. The average molecular weight is 429 g/mol. The van der Waals surface area contributed by atoms with Gasteiger partial charge in [0.25, 0.3) is 4.60 Å². The summed E-state index contributed by atoms with van der Waals surface area (Å²) in [5.41, 5.74) is 1.51. The van der Waals surface area contributed by atoms with Crippen LogP contribution in [0.1, 0.15) is 0 Å². The van der Waals surface area contributed by atoms with Crippen LogP contribution < -0.4 is 4.73 Å². The van der Waals surface area contributed by atoms with E-state index in [0.29, 0.717) is 23.1 Å². The quantitative estimate of drug-likeness (QED) is 0.197. The minimum absolute atomic E-state index is 0.347. The van der Waals surface area contributed by atoms with E-state index in [1.807, 2.05) is 10.6 Å². The van der Waals surface area contributed by atoms with Crippen molar-refractivity contribution < 1.29 is 9.47 Å². The zero-order valence-corrected chi connectivity index (χ0v) is 17.2. The molecule has 3 rings (SSSR count). The minimum Gasteiger partial charge on any atom is -0.618 e. The number of pyridine rings is 2. The van der Waals surface area contributed by atoms with Crippen LogP contribution in [-0.2, 0) is 11.5 Å². The number of hydrogen-bond acceptors (Lipinski definition) is 3. The van der Waals surface area contributed by atoms with Gasteiger partial charge in [0.2, 0.25) is 6.20 Å². The number of halogens is 2. The van der Waals surface area contributed by atoms with Gasteiger partial charge in [0.1, 0.15) is 23.0 Å². The molecule has 3 aromatic rings. The third-order valence-electron chi connectivity index (χ3n) is 3.88. The molecule has 0 aliphatic carbocycles. The first kappa shape index (κ1) is 17.7. The molecule has 0 saturated carbocycles. The van der Waals surface area contributed by atoms with E-state index in [-0.39, 0.29) is 0 Å². The molecule has 0 unspecified atom stereocenters. The van der Waals surface area contributed by atoms with Crippen LogP contribution in [0.25, 0.3) is 21.9 Å². The molecule has 0 N–H and O–H groups in total. The molecule has 3 heterocycles. The summed E-state index contributed by atoms with van der Waals surface area (Å²) >= 11 is 9.35. The Bertz CT molecular complexity index is 908. The summed E-state index contributed by atoms with van der Waals surface area (Å²) in [6.45, 7) is 7.99. The van der Waals surface area contributed by atoms with E-state index in [0.717, 1.165) is 32.7 Å². The fraction of sp³-hybridized carbons (Fsp3) is 0.375. The van der Waals surface area contributed by atoms with Crippen molar-refractivity contribution in [3.8, 4) is 0 Å². The second kappa shape index (κ2) is 6.63. The molecule has 24 heavy (non-hydrogen) atoms. The summed E-state index contributed by atoms with van der Waals surface area (Å²) in [5, 5.41) is 14.3. The highest BCUT2D eigenvalue weighted by Crippen LogP contribution is 2.29. The van der Waals surface area contributed by atoms with Crippen LogP contribution in [0, 0.1) is 5.21 Å². The van der Waals surface area contributed by atoms with Gasteiger partial charge >= 0.3 is 0 Å². The molecular formula is C16H19BrClN3O2Si. The normalized spacial score (nSPS) is 12.4. The van der Waals surface area contributed by atoms with Gasteiger partial charge < -0.3 is 9.94 Å². The Morgan fingerprint density at radius 3 is 2.79 bits per heavy atom. The summed E-state index contributed by atoms with van der Waals surface area (Å²) in [6.07, 6.45) is 1.54. The van der Waals surface area contributed by atoms with Gasteiger partial charge in [-0.15, -0.1) is 0 Å². The number of ether oxygens (including phenoxy) is 1. The van der Waals surface area contributed by atoms with Crippen molar-refractivity contribution in [1.29, 1.82) is 0 Å². The van der Waals surface area contributed by atoms with Gasteiger partial charge in [-0.25, -0.2) is 4.98 Å². The Kier molecular flexibility index (Phi) is 4.88. The van der Waals surface area contributed by atoms with Crippen molar-refractivity contribution in [1.82, 2.24) is 9.55 Å². The third-order valence-corrected chi connectivity index (χ3v) is 6.38. The smallest absolute Gasteiger partial charge is 0.259 e. The molecule has 128 valence electrons. The maximum absolute atomic E-state index is 12.0. The van der Waals surface area contributed by atoms with Gasteiger partial charge in [-0.05, 0) is 18.2 Å². The second-order valence-corrected chi connectivity index (χ2v) is 13.8. The fourth-order valence-corrected chi connectivity index (χ4v) is 3.78. The van der Waals surface area contributed by atoms with Crippen LogP contribution in [0.2, 0.25) is 30.8 Å². The summed E-state index contributed by atoms with van der Waals surface area (Å²) < 4.78 is 9.03. The molecule has 0 bridgehead atoms. The van der Waals surface area contributed by atoms with Gasteiger partial charge in [0.15, 0.2) is 0 Å². The first-order valence-electron chi connectivity index (χ1n) is 7.71. The highest BCUT2D eigenvalue weighted by atomic mass is 79.9. The summed E-state index contributed by atoms with van der Waals surface area (Å²) in [6, 6.07) is 6.57. The van der Waals surface area contributed by atoms with Gasteiger partial charge in [-0.2, -0.15) is 4.73 Å². The van der Waals surface area contributed by atoms with Crippen LogP contribution in [0.15, 0.2) is 29.0 Å². The third kappa shape index (κ3) is 3.59. The van der Waals surface area contributed by atoms with E-state index in [2.05, 4.69) is 40.6 Å². The zero-order chi connectivity index (χ0) is 17.5. The van der Waals surface area contributed by atoms with Crippen LogP contribution >= 0.6 is 27.5 Å². The summed E-state index contributed by atoms with van der Waals surface area (Å²) in [4.78, 5) is 4.43. The molecule has 0 spiro atoms. The largest absolute Gasteiger partial charge is 0.618 e. The van der Waals surface area contributed by atoms with E-state index in [9.17, 15) is 5.21 Å². The monoisotopic (exact) mass is 427 g/mol. The lowest BCUT2D eigenvalue weighted by Crippen LogP contribution is -2.27. The lowest BCUT2D eigenvalue weighted by atomic mass is 10.2. The number of aromatic nitrogens is 3. The van der Waals surface area contributed by atoms with Crippen LogP contribution in [0.5, 0.6) is 0 Å². The fourth-order valence-electron chi connectivity index (χ4n) is 2.55. The van der Waals surface area contributed by atoms with Gasteiger partial charge in [-0.1, -0.05) is 31.2 Å². The molecule has 0 aromatic carbocycles. The minimum atomic E-state index is -1.14. The van der Waals surface area contributed by atoms with Gasteiger partial charge in [0.05, 0.1) is 0 Å². The van der Waals surface area contributed by atoms with Crippen LogP contribution in [-0.4, -0.2) is 24.2 Å². The highest BCUT2D eigenvalue weighted by molar-refractivity contribution is 9.10. The molecule has 0 amide bonds. The maximum Gasteiger partial charge on any atom is 0.259 e. The Morgan fingerprint density at radius 2 is 2.08 bits per heavy atom. The summed E-state index contributed by atoms with van der Waals surface area (Å²) in [5.74, 6) is 0. The van der Waals surface area contributed by atoms with Crippen LogP contribution in [0.4, 0.5) is 0 Å². The molecule has 0 aliphatic heterocycles. The Hall–Kier alpha value is -1.15. The standard InChI is InChI=1S/C16H19BrClN3O2Si/c1-24(2,3)7-6-23-10-20-13-9-21(22)14(17)8-12(13)11-4-5-15(18)19-16(11)20/h4-5,8-9H,6-7,10H2,1-3H3. The average Bonchev–Trinajstić information content (AvgIpc) is 2.76. The van der Waals surface area contributed by atoms with E-state index in [1.54, 1.807) is 12.1 Å². The molecule has 0 saturated heterocycles. The van der Waals surface area contributed by atoms with E-state index >= 15 is 0 Å². The van der Waals surface area contributed by atoms with Crippen molar-refractivity contribution in [2.75, 3.05) is 6.61 Å². The second-order valence-electron chi connectivity index (χ2n) is 7.00. The molecule has 0 aliphatic rings. The predicted octanol–water partition coefficient (Wildman–Crippen LogP) is 4.55. The predicted molar refractivity (Wildman–Crippen MR) is 103 cm³/mol. The molecule has 0 atom stereocenters. The lowest BCUT2D eigenvalue weighted by Gasteiger charge is -2.16.